The van der Waals surface area contributed by atoms with Crippen LogP contribution in [0.1, 0.15) is 25.2 Å². The summed E-state index contributed by atoms with van der Waals surface area (Å²) in [5, 5.41) is 0. The molecular formula is C14H19ClN2O. The van der Waals surface area contributed by atoms with Gasteiger partial charge in [-0.3, -0.25) is 0 Å². The average molecular weight is 267 g/mol. The van der Waals surface area contributed by atoms with Gasteiger partial charge in [-0.15, -0.1) is 11.6 Å². The van der Waals surface area contributed by atoms with Crippen molar-refractivity contribution < 1.29 is 4.74 Å². The van der Waals surface area contributed by atoms with E-state index in [0.29, 0.717) is 5.88 Å². The summed E-state index contributed by atoms with van der Waals surface area (Å²) < 4.78 is 7.76. The maximum Gasteiger partial charge on any atom is 0.124 e. The topological polar surface area (TPSA) is 27.1 Å². The molecule has 2 rings (SSSR count). The van der Waals surface area contributed by atoms with Crippen molar-refractivity contribution in [1.82, 2.24) is 9.55 Å². The minimum Gasteiger partial charge on any atom is -0.377 e. The highest BCUT2D eigenvalue weighted by Gasteiger charge is 2.12. The second-order valence-corrected chi connectivity index (χ2v) is 4.80. The van der Waals surface area contributed by atoms with Crippen LogP contribution >= 0.6 is 11.6 Å². The van der Waals surface area contributed by atoms with E-state index < -0.39 is 0 Å². The monoisotopic (exact) mass is 266 g/mol. The van der Waals surface area contributed by atoms with Crippen molar-refractivity contribution in [3.05, 3.63) is 29.6 Å². The summed E-state index contributed by atoms with van der Waals surface area (Å²) in [4.78, 5) is 4.56. The van der Waals surface area contributed by atoms with E-state index in [0.717, 1.165) is 30.0 Å². The average Bonchev–Trinajstić information content (AvgIpc) is 2.67. The third-order valence-electron chi connectivity index (χ3n) is 2.99. The first kappa shape index (κ1) is 13.4. The number of halogens is 1. The molecule has 0 fully saturated rings. The summed E-state index contributed by atoms with van der Waals surface area (Å²) in [5.41, 5.74) is 3.37. The van der Waals surface area contributed by atoms with Crippen LogP contribution in [-0.4, -0.2) is 22.3 Å². The maximum absolute atomic E-state index is 5.98. The fourth-order valence-corrected chi connectivity index (χ4v) is 2.39. The van der Waals surface area contributed by atoms with Crippen LogP contribution in [0.5, 0.6) is 0 Å². The molecule has 98 valence electrons. The Morgan fingerprint density at radius 1 is 1.44 bits per heavy atom. The molecule has 18 heavy (non-hydrogen) atoms. The number of imidazole rings is 1. The van der Waals surface area contributed by atoms with Gasteiger partial charge in [0.2, 0.25) is 0 Å². The lowest BCUT2D eigenvalue weighted by molar-refractivity contribution is 0.0643. The molecule has 0 saturated heterocycles. The molecule has 0 aliphatic carbocycles. The third kappa shape index (κ3) is 2.68. The highest BCUT2D eigenvalue weighted by Crippen LogP contribution is 2.20. The molecule has 0 spiro atoms. The summed E-state index contributed by atoms with van der Waals surface area (Å²) in [6.07, 6.45) is 0.162. The number of benzene rings is 1. The van der Waals surface area contributed by atoms with Crippen molar-refractivity contribution >= 4 is 22.6 Å². The summed E-state index contributed by atoms with van der Waals surface area (Å²) in [5.74, 6) is 1.33. The van der Waals surface area contributed by atoms with Gasteiger partial charge in [-0.2, -0.15) is 0 Å². The van der Waals surface area contributed by atoms with E-state index in [1.54, 1.807) is 0 Å². The third-order valence-corrected chi connectivity index (χ3v) is 3.23. The van der Waals surface area contributed by atoms with Crippen LogP contribution < -0.4 is 0 Å². The zero-order chi connectivity index (χ0) is 13.1. The Labute approximate surface area is 113 Å². The Kier molecular flexibility index (Phi) is 4.25. The highest BCUT2D eigenvalue weighted by atomic mass is 35.5. The van der Waals surface area contributed by atoms with Crippen LogP contribution in [0.25, 0.3) is 11.0 Å². The van der Waals surface area contributed by atoms with Gasteiger partial charge in [0, 0.05) is 6.61 Å². The van der Waals surface area contributed by atoms with E-state index in [1.165, 1.54) is 5.56 Å². The highest BCUT2D eigenvalue weighted by molar-refractivity contribution is 6.16. The van der Waals surface area contributed by atoms with Gasteiger partial charge in [-0.1, -0.05) is 6.07 Å². The summed E-state index contributed by atoms with van der Waals surface area (Å²) in [6.45, 7) is 7.68. The lowest BCUT2D eigenvalue weighted by Crippen LogP contribution is -2.17. The zero-order valence-corrected chi connectivity index (χ0v) is 11.9. The maximum atomic E-state index is 5.98. The molecule has 3 nitrogen and oxygen atoms in total. The molecule has 0 aliphatic rings. The van der Waals surface area contributed by atoms with Gasteiger partial charge < -0.3 is 9.30 Å². The van der Waals surface area contributed by atoms with Gasteiger partial charge in [-0.05, 0) is 38.5 Å². The molecule has 0 amide bonds. The Morgan fingerprint density at radius 3 is 2.89 bits per heavy atom. The summed E-state index contributed by atoms with van der Waals surface area (Å²) in [6, 6.07) is 6.27. The number of ether oxygens (including phenoxy) is 1. The zero-order valence-electron chi connectivity index (χ0n) is 11.1. The molecule has 0 radical (unpaired) electrons. The first-order valence-corrected chi connectivity index (χ1v) is 6.82. The summed E-state index contributed by atoms with van der Waals surface area (Å²) >= 11 is 5.98. The molecule has 0 bridgehead atoms. The Balaban J connectivity index is 2.42. The molecule has 0 N–H and O–H groups in total. The van der Waals surface area contributed by atoms with Crippen LogP contribution in [0.4, 0.5) is 0 Å². The Bertz CT molecular complexity index is 536. The molecular weight excluding hydrogens is 248 g/mol. The fourth-order valence-electron chi connectivity index (χ4n) is 2.18. The molecule has 1 heterocycles. The van der Waals surface area contributed by atoms with Crippen LogP contribution in [0.3, 0.4) is 0 Å². The molecule has 1 atom stereocenters. The van der Waals surface area contributed by atoms with Gasteiger partial charge in [0.15, 0.2) is 0 Å². The Hall–Kier alpha value is -1.06. The normalized spacial score (nSPS) is 13.1. The van der Waals surface area contributed by atoms with Gasteiger partial charge in [0.25, 0.3) is 0 Å². The number of aryl methyl sites for hydroxylation is 1. The number of aromatic nitrogens is 2. The predicted octanol–water partition coefficient (Wildman–Crippen LogP) is 3.51. The largest absolute Gasteiger partial charge is 0.377 e. The van der Waals surface area contributed by atoms with Crippen LogP contribution in [0.15, 0.2) is 18.2 Å². The smallest absolute Gasteiger partial charge is 0.124 e. The number of fused-ring (bicyclic) bond motifs is 1. The van der Waals surface area contributed by atoms with Crippen LogP contribution in [-0.2, 0) is 17.2 Å². The van der Waals surface area contributed by atoms with Crippen molar-refractivity contribution in [3.63, 3.8) is 0 Å². The number of nitrogens with zero attached hydrogens (tertiary/aromatic N) is 2. The van der Waals surface area contributed by atoms with E-state index >= 15 is 0 Å². The lowest BCUT2D eigenvalue weighted by Gasteiger charge is -2.14. The van der Waals surface area contributed by atoms with E-state index in [4.69, 9.17) is 16.3 Å². The molecule has 0 aliphatic heterocycles. The minimum atomic E-state index is 0.162. The van der Waals surface area contributed by atoms with E-state index in [1.807, 2.05) is 13.0 Å². The number of alkyl halides is 1. The van der Waals surface area contributed by atoms with Crippen molar-refractivity contribution in [1.29, 1.82) is 0 Å². The Morgan fingerprint density at radius 2 is 2.22 bits per heavy atom. The minimum absolute atomic E-state index is 0.162. The van der Waals surface area contributed by atoms with Crippen molar-refractivity contribution in [2.45, 2.75) is 39.3 Å². The predicted molar refractivity (Wildman–Crippen MR) is 75.1 cm³/mol. The van der Waals surface area contributed by atoms with Gasteiger partial charge >= 0.3 is 0 Å². The first-order valence-electron chi connectivity index (χ1n) is 6.29. The molecule has 1 aromatic heterocycles. The standard InChI is InChI=1S/C14H19ClN2O/c1-4-18-11(3)9-17-13-7-10(2)5-6-12(13)16-14(17)8-15/h5-7,11H,4,8-9H2,1-3H3. The second kappa shape index (κ2) is 5.72. The van der Waals surface area contributed by atoms with E-state index in [9.17, 15) is 0 Å². The van der Waals surface area contributed by atoms with E-state index in [-0.39, 0.29) is 6.10 Å². The SMILES string of the molecule is CCOC(C)Cn1c(CCl)nc2ccc(C)cc21. The molecule has 1 unspecified atom stereocenters. The van der Waals surface area contributed by atoms with Gasteiger partial charge in [0.1, 0.15) is 5.82 Å². The van der Waals surface area contributed by atoms with Crippen molar-refractivity contribution in [2.75, 3.05) is 6.61 Å². The second-order valence-electron chi connectivity index (χ2n) is 4.53. The lowest BCUT2D eigenvalue weighted by atomic mass is 10.2. The van der Waals surface area contributed by atoms with Crippen LogP contribution in [0.2, 0.25) is 0 Å². The number of hydrogen-bond acceptors (Lipinski definition) is 2. The number of rotatable bonds is 5. The molecule has 2 aromatic rings. The fraction of sp³-hybridized carbons (Fsp3) is 0.500. The summed E-state index contributed by atoms with van der Waals surface area (Å²) in [7, 11) is 0. The molecule has 1 aromatic carbocycles. The van der Waals surface area contributed by atoms with Crippen LogP contribution in [0, 0.1) is 6.92 Å². The quantitative estimate of drug-likeness (QED) is 0.775. The van der Waals surface area contributed by atoms with Crippen molar-refractivity contribution in [2.24, 2.45) is 0 Å². The van der Waals surface area contributed by atoms with Gasteiger partial charge in [0.05, 0.1) is 29.6 Å². The van der Waals surface area contributed by atoms with E-state index in [2.05, 4.69) is 35.5 Å². The molecule has 0 saturated carbocycles. The number of hydrogen-bond donors (Lipinski definition) is 0. The molecule has 4 heteroatoms. The van der Waals surface area contributed by atoms with Crippen molar-refractivity contribution in [3.8, 4) is 0 Å². The van der Waals surface area contributed by atoms with Gasteiger partial charge in [-0.25, -0.2) is 4.98 Å². The first-order chi connectivity index (χ1) is 8.65.